The molecule has 2 aromatic rings. The van der Waals surface area contributed by atoms with Crippen molar-refractivity contribution in [3.8, 4) is 11.5 Å². The van der Waals surface area contributed by atoms with Gasteiger partial charge in [0.1, 0.15) is 11.6 Å². The monoisotopic (exact) mass is 319 g/mol. The van der Waals surface area contributed by atoms with Crippen molar-refractivity contribution < 1.29 is 31.8 Å². The highest BCUT2D eigenvalue weighted by atomic mass is 19.4. The molecule has 0 bridgehead atoms. The molecule has 0 aromatic heterocycles. The summed E-state index contributed by atoms with van der Waals surface area (Å²) in [6.45, 7) is 0. The van der Waals surface area contributed by atoms with Crippen LogP contribution in [-0.4, -0.2) is 11.5 Å². The lowest BCUT2D eigenvalue weighted by molar-refractivity contribution is -0.274. The van der Waals surface area contributed by atoms with Gasteiger partial charge in [0.05, 0.1) is 11.6 Å². The van der Waals surface area contributed by atoms with Gasteiger partial charge in [-0.2, -0.15) is 0 Å². The largest absolute Gasteiger partial charge is 0.573 e. The molecule has 3 nitrogen and oxygen atoms in total. The van der Waals surface area contributed by atoms with E-state index >= 15 is 0 Å². The number of halogens is 5. The number of rotatable bonds is 3. The zero-order chi connectivity index (χ0) is 16.5. The van der Waals surface area contributed by atoms with E-state index in [1.807, 2.05) is 0 Å². The van der Waals surface area contributed by atoms with Crippen LogP contribution in [0.3, 0.4) is 0 Å². The smallest absolute Gasteiger partial charge is 0.505 e. The Kier molecular flexibility index (Phi) is 4.23. The lowest BCUT2D eigenvalue weighted by Gasteiger charge is -2.16. The molecule has 8 heteroatoms. The molecule has 0 amide bonds. The number of hydrogen-bond donors (Lipinski definition) is 2. The summed E-state index contributed by atoms with van der Waals surface area (Å²) in [5.41, 5.74) is 5.43. The van der Waals surface area contributed by atoms with Gasteiger partial charge in [-0.1, -0.05) is 12.1 Å². The number of ether oxygens (including phenoxy) is 1. The normalized spacial score (nSPS) is 13.0. The molecule has 0 unspecified atom stereocenters. The van der Waals surface area contributed by atoms with E-state index in [0.29, 0.717) is 0 Å². The van der Waals surface area contributed by atoms with Gasteiger partial charge in [0.2, 0.25) is 0 Å². The topological polar surface area (TPSA) is 55.5 Å². The number of benzene rings is 2. The van der Waals surface area contributed by atoms with Gasteiger partial charge in [-0.25, -0.2) is 8.78 Å². The summed E-state index contributed by atoms with van der Waals surface area (Å²) < 4.78 is 66.8. The number of phenols is 1. The average molecular weight is 319 g/mol. The van der Waals surface area contributed by atoms with Crippen LogP contribution in [0.2, 0.25) is 0 Å². The van der Waals surface area contributed by atoms with Crippen molar-refractivity contribution in [3.63, 3.8) is 0 Å². The highest BCUT2D eigenvalue weighted by Gasteiger charge is 2.31. The Hall–Kier alpha value is -2.35. The summed E-state index contributed by atoms with van der Waals surface area (Å²) in [7, 11) is 0. The van der Waals surface area contributed by atoms with E-state index in [2.05, 4.69) is 4.74 Å². The van der Waals surface area contributed by atoms with E-state index in [1.54, 1.807) is 0 Å². The molecule has 22 heavy (non-hydrogen) atoms. The van der Waals surface area contributed by atoms with Crippen molar-refractivity contribution in [2.75, 3.05) is 0 Å². The van der Waals surface area contributed by atoms with Crippen LogP contribution in [0.1, 0.15) is 17.2 Å². The molecule has 0 spiro atoms. The number of alkyl halides is 3. The van der Waals surface area contributed by atoms with Crippen molar-refractivity contribution in [1.29, 1.82) is 0 Å². The van der Waals surface area contributed by atoms with Crippen molar-refractivity contribution in [3.05, 3.63) is 59.2 Å². The van der Waals surface area contributed by atoms with Gasteiger partial charge in [0.15, 0.2) is 11.6 Å². The van der Waals surface area contributed by atoms with E-state index in [-0.39, 0.29) is 5.56 Å². The lowest BCUT2D eigenvalue weighted by Crippen LogP contribution is -2.17. The maximum atomic E-state index is 13.7. The molecule has 0 aliphatic carbocycles. The minimum atomic E-state index is -4.84. The van der Waals surface area contributed by atoms with E-state index in [4.69, 9.17) is 5.73 Å². The van der Waals surface area contributed by atoms with E-state index in [1.165, 1.54) is 0 Å². The molecule has 3 N–H and O–H groups in total. The van der Waals surface area contributed by atoms with Gasteiger partial charge < -0.3 is 15.6 Å². The highest BCUT2D eigenvalue weighted by Crippen LogP contribution is 2.33. The highest BCUT2D eigenvalue weighted by molar-refractivity contribution is 5.43. The van der Waals surface area contributed by atoms with Gasteiger partial charge in [-0.15, -0.1) is 13.2 Å². The summed E-state index contributed by atoms with van der Waals surface area (Å²) in [4.78, 5) is 0. The molecule has 0 aliphatic heterocycles. The van der Waals surface area contributed by atoms with Crippen LogP contribution in [-0.2, 0) is 0 Å². The fourth-order valence-corrected chi connectivity index (χ4v) is 1.90. The van der Waals surface area contributed by atoms with Gasteiger partial charge in [0, 0.05) is 0 Å². The Labute approximate surface area is 121 Å². The minimum Gasteiger partial charge on any atom is -0.505 e. The van der Waals surface area contributed by atoms with Gasteiger partial charge >= 0.3 is 6.36 Å². The van der Waals surface area contributed by atoms with E-state index < -0.39 is 41.1 Å². The molecule has 2 aromatic carbocycles. The van der Waals surface area contributed by atoms with Crippen LogP contribution < -0.4 is 10.5 Å². The maximum Gasteiger partial charge on any atom is 0.573 e. The van der Waals surface area contributed by atoms with E-state index in [0.717, 1.165) is 36.4 Å². The fraction of sp³-hybridized carbons (Fsp3) is 0.143. The Morgan fingerprint density at radius 3 is 2.05 bits per heavy atom. The molecule has 0 saturated heterocycles. The number of nitrogens with two attached hydrogens (primary N) is 1. The molecule has 0 heterocycles. The Balaban J connectivity index is 2.31. The van der Waals surface area contributed by atoms with Crippen molar-refractivity contribution in [2.45, 2.75) is 12.4 Å². The Bertz CT molecular complexity index is 670. The van der Waals surface area contributed by atoms with Crippen LogP contribution in [0.15, 0.2) is 36.4 Å². The van der Waals surface area contributed by atoms with Crippen molar-refractivity contribution in [1.82, 2.24) is 0 Å². The number of hydrogen-bond acceptors (Lipinski definition) is 3. The zero-order valence-corrected chi connectivity index (χ0v) is 10.9. The lowest BCUT2D eigenvalue weighted by atomic mass is 9.98. The van der Waals surface area contributed by atoms with Gasteiger partial charge in [-0.05, 0) is 29.8 Å². The van der Waals surface area contributed by atoms with Crippen LogP contribution in [0.5, 0.6) is 11.5 Å². The first-order valence-corrected chi connectivity index (χ1v) is 5.97. The second-order valence-electron chi connectivity index (χ2n) is 4.39. The first-order chi connectivity index (χ1) is 10.2. The van der Waals surface area contributed by atoms with Gasteiger partial charge in [-0.3, -0.25) is 0 Å². The standard InChI is InChI=1S/C14H10F5NO2/c15-9-5-6-10(16)13(21)11(9)12(20)7-1-3-8(4-2-7)22-14(17,18)19/h1-6,12,21H,20H2/t12-/m0/s1. The maximum absolute atomic E-state index is 13.7. The van der Waals surface area contributed by atoms with Crippen molar-refractivity contribution in [2.24, 2.45) is 5.73 Å². The molecule has 0 fully saturated rings. The summed E-state index contributed by atoms with van der Waals surface area (Å²) in [6.07, 6.45) is -4.84. The second kappa shape index (κ2) is 5.80. The van der Waals surface area contributed by atoms with E-state index in [9.17, 15) is 27.1 Å². The third-order valence-electron chi connectivity index (χ3n) is 2.90. The van der Waals surface area contributed by atoms with Crippen LogP contribution in [0, 0.1) is 11.6 Å². The molecule has 2 rings (SSSR count). The van der Waals surface area contributed by atoms with Crippen LogP contribution in [0.4, 0.5) is 22.0 Å². The molecule has 1 atom stereocenters. The van der Waals surface area contributed by atoms with Crippen LogP contribution >= 0.6 is 0 Å². The van der Waals surface area contributed by atoms with Gasteiger partial charge in [0.25, 0.3) is 0 Å². The van der Waals surface area contributed by atoms with Crippen LogP contribution in [0.25, 0.3) is 0 Å². The fourth-order valence-electron chi connectivity index (χ4n) is 1.90. The average Bonchev–Trinajstić information content (AvgIpc) is 2.42. The summed E-state index contributed by atoms with van der Waals surface area (Å²) in [6, 6.07) is 4.57. The third kappa shape index (κ3) is 3.45. The molecule has 0 radical (unpaired) electrons. The third-order valence-corrected chi connectivity index (χ3v) is 2.90. The predicted molar refractivity (Wildman–Crippen MR) is 67.2 cm³/mol. The second-order valence-corrected chi connectivity index (χ2v) is 4.39. The first kappa shape index (κ1) is 16.0. The summed E-state index contributed by atoms with van der Waals surface area (Å²) in [5, 5.41) is 9.55. The first-order valence-electron chi connectivity index (χ1n) is 5.97. The minimum absolute atomic E-state index is 0.175. The van der Waals surface area contributed by atoms with Crippen molar-refractivity contribution >= 4 is 0 Å². The SMILES string of the molecule is N[C@@H](c1ccc(OC(F)(F)F)cc1)c1c(F)ccc(F)c1O. The summed E-state index contributed by atoms with van der Waals surface area (Å²) in [5.74, 6) is -3.40. The molecule has 118 valence electrons. The predicted octanol–water partition coefficient (Wildman–Crippen LogP) is 3.62. The quantitative estimate of drug-likeness (QED) is 0.850. The Morgan fingerprint density at radius 2 is 1.50 bits per heavy atom. The molecular formula is C14H10F5NO2. The summed E-state index contributed by atoms with van der Waals surface area (Å²) >= 11 is 0. The molecule has 0 saturated carbocycles. The number of phenolic OH excluding ortho intramolecular Hbond substituents is 1. The molecular weight excluding hydrogens is 309 g/mol. The zero-order valence-electron chi connectivity index (χ0n) is 10.9. The number of aromatic hydroxyl groups is 1. The molecule has 0 aliphatic rings. The Morgan fingerprint density at radius 1 is 0.955 bits per heavy atom.